The van der Waals surface area contributed by atoms with Crippen LogP contribution in [0.15, 0.2) is 48.1 Å². The molecule has 5 atom stereocenters. The molecule has 2 heterocycles. The molecule has 29 heavy (non-hydrogen) atoms. The molecule has 0 spiro atoms. The van der Waals surface area contributed by atoms with Crippen LogP contribution in [-0.4, -0.2) is 17.6 Å². The topological polar surface area (TPSA) is 87.9 Å². The van der Waals surface area contributed by atoms with Gasteiger partial charge in [0.05, 0.1) is 17.6 Å². The highest BCUT2D eigenvalue weighted by atomic mass is 31.2. The quantitative estimate of drug-likeness (QED) is 0.251. The number of phosphoric acid groups is 1. The molecule has 0 N–H and O–H groups in total. The summed E-state index contributed by atoms with van der Waals surface area (Å²) >= 11 is 0. The Labute approximate surface area is 171 Å². The Morgan fingerprint density at radius 3 is 2.62 bits per heavy atom. The molecule has 0 saturated carbocycles. The third-order valence-electron chi connectivity index (χ3n) is 5.36. The molecule has 0 radical (unpaired) electrons. The van der Waals surface area contributed by atoms with Gasteiger partial charge in [-0.25, -0.2) is 4.57 Å². The normalized spacial score (nSPS) is 34.7. The number of hydrogen-bond donors (Lipinski definition) is 0. The number of phosphoric ester groups is 1. The highest BCUT2D eigenvalue weighted by Crippen LogP contribution is 2.59. The Morgan fingerprint density at radius 2 is 2.00 bits per heavy atom. The number of hydrogen-bond acceptors (Lipinski definition) is 6. The highest BCUT2D eigenvalue weighted by Gasteiger charge is 2.42. The lowest BCUT2D eigenvalue weighted by atomic mass is 9.87. The zero-order valence-corrected chi connectivity index (χ0v) is 18.0. The molecule has 0 amide bonds. The fourth-order valence-electron chi connectivity index (χ4n) is 4.03. The SMILES string of the molecule is C=C(C)CC1CCOP2(=O)O[C@H]1C/C(C)=C\[C@@H](C)[C@H](c1ccc([N+](=O)[O-])cc1)O2. The molecule has 2 bridgehead atoms. The molecule has 1 aromatic rings. The maximum Gasteiger partial charge on any atom is 0.475 e. The van der Waals surface area contributed by atoms with Gasteiger partial charge in [0.15, 0.2) is 0 Å². The number of rotatable bonds is 4. The van der Waals surface area contributed by atoms with Crippen molar-refractivity contribution in [1.29, 1.82) is 0 Å². The largest absolute Gasteiger partial charge is 0.475 e. The molecular weight excluding hydrogens is 393 g/mol. The van der Waals surface area contributed by atoms with Crippen LogP contribution in [0.3, 0.4) is 0 Å². The van der Waals surface area contributed by atoms with Crippen molar-refractivity contribution < 1.29 is 23.1 Å². The van der Waals surface area contributed by atoms with E-state index in [1.807, 2.05) is 20.8 Å². The summed E-state index contributed by atoms with van der Waals surface area (Å²) in [4.78, 5) is 10.5. The molecule has 1 fully saturated rings. The van der Waals surface area contributed by atoms with Crippen molar-refractivity contribution in [2.45, 2.75) is 52.2 Å². The summed E-state index contributed by atoms with van der Waals surface area (Å²) in [5, 5.41) is 11.0. The fourth-order valence-corrected chi connectivity index (χ4v) is 5.70. The van der Waals surface area contributed by atoms with E-state index in [2.05, 4.69) is 12.7 Å². The van der Waals surface area contributed by atoms with Crippen LogP contribution in [0.1, 0.15) is 51.7 Å². The molecule has 2 aliphatic rings. The number of nitro benzene ring substituents is 1. The van der Waals surface area contributed by atoms with E-state index in [-0.39, 0.29) is 30.2 Å². The summed E-state index contributed by atoms with van der Waals surface area (Å²) in [7, 11) is -3.80. The summed E-state index contributed by atoms with van der Waals surface area (Å²) in [6.07, 6.45) is 3.36. The first-order valence-corrected chi connectivity index (χ1v) is 11.3. The maximum absolute atomic E-state index is 13.4. The minimum Gasteiger partial charge on any atom is -0.287 e. The van der Waals surface area contributed by atoms with E-state index < -0.39 is 18.8 Å². The van der Waals surface area contributed by atoms with E-state index >= 15 is 0 Å². The van der Waals surface area contributed by atoms with Crippen molar-refractivity contribution in [3.05, 3.63) is 63.7 Å². The first-order valence-electron chi connectivity index (χ1n) is 9.84. The van der Waals surface area contributed by atoms with Crippen molar-refractivity contribution in [3.8, 4) is 0 Å². The molecule has 1 saturated heterocycles. The third kappa shape index (κ3) is 5.43. The van der Waals surface area contributed by atoms with Gasteiger partial charge in [-0.05, 0) is 56.7 Å². The molecule has 3 rings (SSSR count). The number of nitrogens with zero attached hydrogens (tertiary/aromatic N) is 1. The summed E-state index contributed by atoms with van der Waals surface area (Å²) in [5.41, 5.74) is 2.86. The second-order valence-corrected chi connectivity index (χ2v) is 9.66. The molecular formula is C21H28NO6P. The monoisotopic (exact) mass is 421 g/mol. The smallest absolute Gasteiger partial charge is 0.287 e. The van der Waals surface area contributed by atoms with Gasteiger partial charge in [-0.3, -0.25) is 23.7 Å². The van der Waals surface area contributed by atoms with E-state index in [9.17, 15) is 14.7 Å². The molecule has 0 aliphatic carbocycles. The second-order valence-electron chi connectivity index (χ2n) is 8.09. The fraction of sp³-hybridized carbons (Fsp3) is 0.524. The lowest BCUT2D eigenvalue weighted by Crippen LogP contribution is -2.23. The molecule has 7 nitrogen and oxygen atoms in total. The zero-order chi connectivity index (χ0) is 21.2. The summed E-state index contributed by atoms with van der Waals surface area (Å²) in [6, 6.07) is 6.10. The van der Waals surface area contributed by atoms with Crippen LogP contribution >= 0.6 is 7.82 Å². The van der Waals surface area contributed by atoms with Crippen molar-refractivity contribution in [2.24, 2.45) is 11.8 Å². The van der Waals surface area contributed by atoms with Crippen LogP contribution in [0.2, 0.25) is 0 Å². The standard InChI is InChI=1S/C21H28NO6P/c1-14(2)11-18-9-10-26-29(25)27-20(18)13-15(3)12-16(4)21(28-29)17-5-7-19(8-6-17)22(23)24/h5-8,12,16,18,20-21H,1,9-11,13H2,2-4H3/b15-12-/t16-,18?,20+,21-,29?/m1/s1. The summed E-state index contributed by atoms with van der Waals surface area (Å²) in [5.74, 6) is 0.0382. The van der Waals surface area contributed by atoms with Gasteiger partial charge in [-0.2, -0.15) is 0 Å². The van der Waals surface area contributed by atoms with Crippen LogP contribution in [0.25, 0.3) is 0 Å². The van der Waals surface area contributed by atoms with E-state index in [1.165, 1.54) is 12.1 Å². The van der Waals surface area contributed by atoms with E-state index in [4.69, 9.17) is 13.6 Å². The molecule has 2 unspecified atom stereocenters. The number of nitro groups is 1. The Kier molecular flexibility index (Phi) is 6.74. The van der Waals surface area contributed by atoms with E-state index in [0.29, 0.717) is 12.0 Å². The zero-order valence-electron chi connectivity index (χ0n) is 17.1. The Balaban J connectivity index is 1.94. The minimum atomic E-state index is -3.80. The predicted molar refractivity (Wildman–Crippen MR) is 110 cm³/mol. The maximum atomic E-state index is 13.4. The van der Waals surface area contributed by atoms with Gasteiger partial charge in [0.25, 0.3) is 5.69 Å². The number of fused-ring (bicyclic) bond motifs is 2. The lowest BCUT2D eigenvalue weighted by molar-refractivity contribution is -0.384. The van der Waals surface area contributed by atoms with Gasteiger partial charge in [0, 0.05) is 18.1 Å². The van der Waals surface area contributed by atoms with Crippen LogP contribution in [0.4, 0.5) is 5.69 Å². The molecule has 1 aromatic carbocycles. The average Bonchev–Trinajstić information content (AvgIpc) is 2.75. The Morgan fingerprint density at radius 1 is 1.31 bits per heavy atom. The van der Waals surface area contributed by atoms with Gasteiger partial charge in [0.2, 0.25) is 0 Å². The second kappa shape index (κ2) is 8.92. The number of non-ortho nitro benzene ring substituents is 1. The van der Waals surface area contributed by atoms with Crippen molar-refractivity contribution in [1.82, 2.24) is 0 Å². The van der Waals surface area contributed by atoms with Gasteiger partial charge in [-0.15, -0.1) is 6.58 Å². The first kappa shape index (κ1) is 21.9. The molecule has 0 aromatic heterocycles. The minimum absolute atomic E-state index is 0.00695. The van der Waals surface area contributed by atoms with Crippen LogP contribution in [0.5, 0.6) is 0 Å². The van der Waals surface area contributed by atoms with Crippen LogP contribution < -0.4 is 0 Å². The van der Waals surface area contributed by atoms with E-state index in [1.54, 1.807) is 12.1 Å². The van der Waals surface area contributed by atoms with Crippen LogP contribution in [-0.2, 0) is 18.1 Å². The predicted octanol–water partition coefficient (Wildman–Crippen LogP) is 6.13. The third-order valence-corrected chi connectivity index (χ3v) is 6.88. The van der Waals surface area contributed by atoms with Gasteiger partial charge < -0.3 is 0 Å². The van der Waals surface area contributed by atoms with Crippen molar-refractivity contribution in [2.75, 3.05) is 6.61 Å². The molecule has 158 valence electrons. The van der Waals surface area contributed by atoms with E-state index in [0.717, 1.165) is 24.0 Å². The number of allylic oxidation sites excluding steroid dienone is 1. The first-order chi connectivity index (χ1) is 13.7. The van der Waals surface area contributed by atoms with Gasteiger partial charge in [-0.1, -0.05) is 24.1 Å². The highest BCUT2D eigenvalue weighted by molar-refractivity contribution is 7.48. The summed E-state index contributed by atoms with van der Waals surface area (Å²) in [6.45, 7) is 10.3. The van der Waals surface area contributed by atoms with Gasteiger partial charge >= 0.3 is 7.82 Å². The Bertz CT molecular complexity index is 849. The van der Waals surface area contributed by atoms with Crippen molar-refractivity contribution >= 4 is 13.5 Å². The Hall–Kier alpha value is -1.79. The van der Waals surface area contributed by atoms with Crippen LogP contribution in [0, 0.1) is 22.0 Å². The summed E-state index contributed by atoms with van der Waals surface area (Å²) < 4.78 is 31.0. The average molecular weight is 421 g/mol. The molecule has 8 heteroatoms. The number of benzene rings is 1. The van der Waals surface area contributed by atoms with Gasteiger partial charge in [0.1, 0.15) is 6.10 Å². The lowest BCUT2D eigenvalue weighted by Gasteiger charge is -2.27. The van der Waals surface area contributed by atoms with Crippen molar-refractivity contribution in [3.63, 3.8) is 0 Å². The molecule has 2 aliphatic heterocycles.